The largest absolute Gasteiger partial charge is 0.310 e. The molecule has 27 heavy (non-hydrogen) atoms. The molecule has 0 aliphatic rings. The van der Waals surface area contributed by atoms with Gasteiger partial charge in [-0.05, 0) is 46.6 Å². The third kappa shape index (κ3) is 4.01. The minimum absolute atomic E-state index is 0.0564. The number of carbonyl (C=O) groups is 1. The van der Waals surface area contributed by atoms with Crippen molar-refractivity contribution in [3.8, 4) is 0 Å². The minimum Gasteiger partial charge on any atom is -0.310 e. The van der Waals surface area contributed by atoms with Crippen LogP contribution in [0.1, 0.15) is 49.5 Å². The zero-order valence-electron chi connectivity index (χ0n) is 16.5. The van der Waals surface area contributed by atoms with Gasteiger partial charge in [0.2, 0.25) is 5.91 Å². The summed E-state index contributed by atoms with van der Waals surface area (Å²) >= 11 is 3.16. The van der Waals surface area contributed by atoms with E-state index in [9.17, 15) is 4.79 Å². The van der Waals surface area contributed by atoms with Gasteiger partial charge in [-0.2, -0.15) is 5.10 Å². The van der Waals surface area contributed by atoms with Crippen LogP contribution in [-0.4, -0.2) is 30.9 Å². The van der Waals surface area contributed by atoms with Crippen molar-refractivity contribution in [2.24, 2.45) is 0 Å². The maximum Gasteiger partial charge on any atom is 0.238 e. The Morgan fingerprint density at radius 1 is 1.30 bits per heavy atom. The van der Waals surface area contributed by atoms with Crippen LogP contribution in [0.3, 0.4) is 0 Å². The van der Waals surface area contributed by atoms with Gasteiger partial charge in [0.05, 0.1) is 17.5 Å². The molecule has 0 fully saturated rings. The molecular weight excluding hydrogens is 378 g/mol. The highest BCUT2D eigenvalue weighted by molar-refractivity contribution is 8.00. The molecule has 8 heteroatoms. The van der Waals surface area contributed by atoms with Crippen LogP contribution in [0.25, 0.3) is 10.2 Å². The lowest BCUT2D eigenvalue weighted by Crippen LogP contribution is -2.25. The van der Waals surface area contributed by atoms with Crippen molar-refractivity contribution in [2.75, 3.05) is 5.32 Å². The van der Waals surface area contributed by atoms with Crippen LogP contribution in [0.2, 0.25) is 0 Å². The second kappa shape index (κ2) is 7.98. The number of nitrogens with zero attached hydrogens (tertiary/aromatic N) is 4. The smallest absolute Gasteiger partial charge is 0.238 e. The monoisotopic (exact) mass is 403 g/mol. The summed E-state index contributed by atoms with van der Waals surface area (Å²) in [7, 11) is 0. The summed E-state index contributed by atoms with van der Waals surface area (Å²) in [5.41, 5.74) is 1.19. The lowest BCUT2D eigenvalue weighted by atomic mass is 10.2. The minimum atomic E-state index is -0.289. The van der Waals surface area contributed by atoms with Crippen LogP contribution >= 0.6 is 23.1 Å². The summed E-state index contributed by atoms with van der Waals surface area (Å²) in [4.78, 5) is 24.2. The maximum absolute atomic E-state index is 12.8. The summed E-state index contributed by atoms with van der Waals surface area (Å²) in [5, 5.41) is 8.98. The number of thiophene rings is 1. The molecule has 144 valence electrons. The Balaban J connectivity index is 1.82. The number of hydrogen-bond donors (Lipinski definition) is 1. The molecule has 0 saturated carbocycles. The molecule has 0 aliphatic heterocycles. The van der Waals surface area contributed by atoms with Crippen molar-refractivity contribution in [1.29, 1.82) is 0 Å². The first kappa shape index (κ1) is 19.8. The van der Waals surface area contributed by atoms with Crippen molar-refractivity contribution in [2.45, 2.75) is 64.3 Å². The van der Waals surface area contributed by atoms with E-state index in [0.717, 1.165) is 33.3 Å². The Hall–Kier alpha value is -1.93. The fourth-order valence-electron chi connectivity index (χ4n) is 2.79. The van der Waals surface area contributed by atoms with Gasteiger partial charge in [0.25, 0.3) is 0 Å². The number of thioether (sulfide) groups is 1. The average molecular weight is 404 g/mol. The molecule has 3 rings (SSSR count). The summed E-state index contributed by atoms with van der Waals surface area (Å²) < 4.78 is 1.86. The number of hydrogen-bond acceptors (Lipinski definition) is 6. The van der Waals surface area contributed by atoms with Gasteiger partial charge in [0.15, 0.2) is 0 Å². The molecule has 0 saturated heterocycles. The van der Waals surface area contributed by atoms with Crippen molar-refractivity contribution >= 4 is 45.0 Å². The van der Waals surface area contributed by atoms with Gasteiger partial charge in [-0.25, -0.2) is 14.6 Å². The van der Waals surface area contributed by atoms with E-state index in [1.807, 2.05) is 24.6 Å². The molecule has 6 nitrogen and oxygen atoms in total. The average Bonchev–Trinajstić information content (AvgIpc) is 3.18. The molecule has 0 spiro atoms. The van der Waals surface area contributed by atoms with Gasteiger partial charge < -0.3 is 5.32 Å². The van der Waals surface area contributed by atoms with Crippen LogP contribution in [0.4, 0.5) is 5.82 Å². The van der Waals surface area contributed by atoms with Crippen LogP contribution in [0, 0.1) is 20.8 Å². The van der Waals surface area contributed by atoms with Gasteiger partial charge in [-0.3, -0.25) is 4.79 Å². The van der Waals surface area contributed by atoms with E-state index in [2.05, 4.69) is 48.1 Å². The van der Waals surface area contributed by atoms with E-state index in [1.165, 1.54) is 22.2 Å². The lowest BCUT2D eigenvalue weighted by molar-refractivity contribution is -0.115. The molecule has 0 radical (unpaired) electrons. The standard InChI is InChI=1S/C19H25N5OS2/c1-7-10(2)24-15(8-9-20-24)23-17(25)13(5)27-19-16-11(3)12(4)26-18(16)21-14(6)22-19/h8-10,13H,7H2,1-6H3,(H,23,25)/t10-,13+/m0/s1. The Morgan fingerprint density at radius 3 is 2.74 bits per heavy atom. The normalized spacial score (nSPS) is 13.7. The van der Waals surface area contributed by atoms with Crippen molar-refractivity contribution < 1.29 is 4.79 Å². The Bertz CT molecular complexity index is 978. The van der Waals surface area contributed by atoms with E-state index in [4.69, 9.17) is 0 Å². The quantitative estimate of drug-likeness (QED) is 0.468. The van der Waals surface area contributed by atoms with E-state index >= 15 is 0 Å². The van der Waals surface area contributed by atoms with E-state index in [-0.39, 0.29) is 17.2 Å². The highest BCUT2D eigenvalue weighted by atomic mass is 32.2. The predicted octanol–water partition coefficient (Wildman–Crippen LogP) is 4.90. The zero-order valence-corrected chi connectivity index (χ0v) is 18.2. The Kier molecular flexibility index (Phi) is 5.86. The number of anilines is 1. The first-order chi connectivity index (χ1) is 12.8. The summed E-state index contributed by atoms with van der Waals surface area (Å²) in [6, 6.07) is 2.07. The first-order valence-corrected chi connectivity index (χ1v) is 10.8. The molecular formula is C19H25N5OS2. The van der Waals surface area contributed by atoms with Gasteiger partial charge >= 0.3 is 0 Å². The Labute approximate surface area is 167 Å². The summed E-state index contributed by atoms with van der Waals surface area (Å²) in [6.45, 7) is 12.2. The topological polar surface area (TPSA) is 72.7 Å². The van der Waals surface area contributed by atoms with Crippen LogP contribution in [-0.2, 0) is 4.79 Å². The highest BCUT2D eigenvalue weighted by Crippen LogP contribution is 2.36. The number of aryl methyl sites for hydroxylation is 3. The molecule has 3 heterocycles. The second-order valence-corrected chi connectivity index (χ2v) is 9.24. The van der Waals surface area contributed by atoms with Crippen LogP contribution in [0.5, 0.6) is 0 Å². The maximum atomic E-state index is 12.8. The third-order valence-corrected chi connectivity index (χ3v) is 6.88. The molecule has 1 amide bonds. The molecule has 3 aromatic heterocycles. The van der Waals surface area contributed by atoms with Gasteiger partial charge in [-0.15, -0.1) is 11.3 Å². The molecule has 0 aromatic carbocycles. The number of carbonyl (C=O) groups excluding carboxylic acids is 1. The number of rotatable bonds is 6. The fraction of sp³-hybridized carbons (Fsp3) is 0.474. The van der Waals surface area contributed by atoms with Gasteiger partial charge in [0, 0.05) is 16.3 Å². The number of aromatic nitrogens is 4. The second-order valence-electron chi connectivity index (χ2n) is 6.71. The van der Waals surface area contributed by atoms with Gasteiger partial charge in [-0.1, -0.05) is 18.7 Å². The lowest BCUT2D eigenvalue weighted by Gasteiger charge is -2.16. The Morgan fingerprint density at radius 2 is 2.04 bits per heavy atom. The zero-order chi connectivity index (χ0) is 19.7. The summed E-state index contributed by atoms with van der Waals surface area (Å²) in [5.74, 6) is 1.40. The number of nitrogens with one attached hydrogen (secondary N) is 1. The number of amides is 1. The first-order valence-electron chi connectivity index (χ1n) is 9.07. The molecule has 0 bridgehead atoms. The number of fused-ring (bicyclic) bond motifs is 1. The molecule has 3 aromatic rings. The van der Waals surface area contributed by atoms with E-state index in [1.54, 1.807) is 17.5 Å². The van der Waals surface area contributed by atoms with Gasteiger partial charge in [0.1, 0.15) is 21.5 Å². The van der Waals surface area contributed by atoms with Crippen molar-refractivity contribution in [3.05, 3.63) is 28.5 Å². The SMILES string of the molecule is CC[C@H](C)n1nccc1NC(=O)[C@@H](C)Sc1nc(C)nc2sc(C)c(C)c12. The highest BCUT2D eigenvalue weighted by Gasteiger charge is 2.21. The predicted molar refractivity (Wildman–Crippen MR) is 113 cm³/mol. The van der Waals surface area contributed by atoms with Crippen LogP contribution in [0.15, 0.2) is 17.3 Å². The third-order valence-electron chi connectivity index (χ3n) is 4.69. The van der Waals surface area contributed by atoms with Crippen LogP contribution < -0.4 is 5.32 Å². The fourth-order valence-corrected chi connectivity index (χ4v) is 4.98. The van der Waals surface area contributed by atoms with E-state index < -0.39 is 0 Å². The molecule has 0 aliphatic carbocycles. The van der Waals surface area contributed by atoms with Crippen molar-refractivity contribution in [1.82, 2.24) is 19.7 Å². The molecule has 0 unspecified atom stereocenters. The molecule has 1 N–H and O–H groups in total. The summed E-state index contributed by atoms with van der Waals surface area (Å²) in [6.07, 6.45) is 2.66. The van der Waals surface area contributed by atoms with E-state index in [0.29, 0.717) is 0 Å². The van der Waals surface area contributed by atoms with Crippen molar-refractivity contribution in [3.63, 3.8) is 0 Å². The molecule has 2 atom stereocenters.